The molecule has 2 aromatic rings. The average molecular weight is 406 g/mol. The quantitative estimate of drug-likeness (QED) is 0.454. The molecule has 2 aromatic carbocycles. The van der Waals surface area contributed by atoms with Crippen molar-refractivity contribution in [3.8, 4) is 11.5 Å². The van der Waals surface area contributed by atoms with Crippen LogP contribution in [0.4, 0.5) is 5.69 Å². The Kier molecular flexibility index (Phi) is 6.53. The SMILES string of the molecule is COc1ccc(/C=N\NC(=O)C(=O)Nc2ccccc2Br)c(OC)c1. The number of nitrogens with one attached hydrogen (secondary N) is 2. The number of rotatable bonds is 5. The van der Waals surface area contributed by atoms with Crippen molar-refractivity contribution in [2.75, 3.05) is 19.5 Å². The van der Waals surface area contributed by atoms with Crippen molar-refractivity contribution >= 4 is 39.6 Å². The number of ether oxygens (including phenoxy) is 2. The number of nitrogens with zero attached hydrogens (tertiary/aromatic N) is 1. The number of hydrazone groups is 1. The lowest BCUT2D eigenvalue weighted by Gasteiger charge is -2.07. The fourth-order valence-corrected chi connectivity index (χ4v) is 2.26. The molecule has 2 N–H and O–H groups in total. The number of benzene rings is 2. The molecule has 0 aliphatic rings. The van der Waals surface area contributed by atoms with E-state index in [9.17, 15) is 9.59 Å². The molecule has 2 amide bonds. The number of para-hydroxylation sites is 1. The minimum Gasteiger partial charge on any atom is -0.497 e. The topological polar surface area (TPSA) is 89.0 Å². The molecule has 0 aliphatic heterocycles. The third-order valence-corrected chi connectivity index (χ3v) is 3.83. The van der Waals surface area contributed by atoms with Gasteiger partial charge in [-0.1, -0.05) is 12.1 Å². The summed E-state index contributed by atoms with van der Waals surface area (Å²) in [4.78, 5) is 23.7. The van der Waals surface area contributed by atoms with Crippen LogP contribution in [0.3, 0.4) is 0 Å². The van der Waals surface area contributed by atoms with Crippen LogP contribution in [0.2, 0.25) is 0 Å². The first-order valence-electron chi connectivity index (χ1n) is 7.16. The maximum Gasteiger partial charge on any atom is 0.329 e. The van der Waals surface area contributed by atoms with Crippen LogP contribution in [-0.2, 0) is 9.59 Å². The summed E-state index contributed by atoms with van der Waals surface area (Å²) >= 11 is 3.28. The van der Waals surface area contributed by atoms with E-state index < -0.39 is 11.8 Å². The maximum atomic E-state index is 11.9. The lowest BCUT2D eigenvalue weighted by atomic mass is 10.2. The normalized spacial score (nSPS) is 10.4. The van der Waals surface area contributed by atoms with E-state index >= 15 is 0 Å². The van der Waals surface area contributed by atoms with Gasteiger partial charge in [-0.3, -0.25) is 9.59 Å². The summed E-state index contributed by atoms with van der Waals surface area (Å²) in [6.45, 7) is 0. The van der Waals surface area contributed by atoms with Gasteiger partial charge in [0, 0.05) is 16.1 Å². The van der Waals surface area contributed by atoms with Crippen molar-refractivity contribution in [3.63, 3.8) is 0 Å². The van der Waals surface area contributed by atoms with Crippen LogP contribution in [-0.4, -0.2) is 32.2 Å². The van der Waals surface area contributed by atoms with Crippen LogP contribution in [0.15, 0.2) is 52.0 Å². The number of methoxy groups -OCH3 is 2. The molecule has 0 radical (unpaired) electrons. The minimum atomic E-state index is -0.889. The molecule has 0 spiro atoms. The summed E-state index contributed by atoms with van der Waals surface area (Å²) in [5, 5.41) is 6.26. The molecule has 0 saturated carbocycles. The van der Waals surface area contributed by atoms with Gasteiger partial charge in [-0.15, -0.1) is 0 Å². The summed E-state index contributed by atoms with van der Waals surface area (Å²) in [5.74, 6) is -0.564. The smallest absolute Gasteiger partial charge is 0.329 e. The van der Waals surface area contributed by atoms with Gasteiger partial charge in [0.25, 0.3) is 0 Å². The van der Waals surface area contributed by atoms with Gasteiger partial charge in [0.05, 0.1) is 26.1 Å². The van der Waals surface area contributed by atoms with Gasteiger partial charge in [0.2, 0.25) is 0 Å². The molecular weight excluding hydrogens is 390 g/mol. The van der Waals surface area contributed by atoms with E-state index in [1.54, 1.807) is 49.6 Å². The van der Waals surface area contributed by atoms with Crippen LogP contribution in [0.5, 0.6) is 11.5 Å². The number of hydrogen-bond donors (Lipinski definition) is 2. The first-order chi connectivity index (χ1) is 12.0. The molecule has 0 atom stereocenters. The van der Waals surface area contributed by atoms with Crippen molar-refractivity contribution in [3.05, 3.63) is 52.5 Å². The van der Waals surface area contributed by atoms with Crippen LogP contribution >= 0.6 is 15.9 Å². The van der Waals surface area contributed by atoms with Gasteiger partial charge in [-0.2, -0.15) is 5.10 Å². The van der Waals surface area contributed by atoms with Crippen molar-refractivity contribution in [2.24, 2.45) is 5.10 Å². The second-order valence-corrected chi connectivity index (χ2v) is 5.60. The largest absolute Gasteiger partial charge is 0.497 e. The van der Waals surface area contributed by atoms with Crippen molar-refractivity contribution in [1.29, 1.82) is 0 Å². The van der Waals surface area contributed by atoms with Crippen LogP contribution < -0.4 is 20.2 Å². The van der Waals surface area contributed by atoms with Crippen molar-refractivity contribution < 1.29 is 19.1 Å². The first-order valence-corrected chi connectivity index (χ1v) is 7.95. The number of hydrogen-bond acceptors (Lipinski definition) is 5. The van der Waals surface area contributed by atoms with E-state index in [-0.39, 0.29) is 0 Å². The Labute approximate surface area is 153 Å². The molecule has 0 aromatic heterocycles. The Balaban J connectivity index is 1.98. The highest BCUT2D eigenvalue weighted by atomic mass is 79.9. The van der Waals surface area contributed by atoms with E-state index in [4.69, 9.17) is 9.47 Å². The molecule has 7 nitrogen and oxygen atoms in total. The van der Waals surface area contributed by atoms with Crippen LogP contribution in [0, 0.1) is 0 Å². The zero-order chi connectivity index (χ0) is 18.2. The molecule has 130 valence electrons. The lowest BCUT2D eigenvalue weighted by molar-refractivity contribution is -0.136. The van der Waals surface area contributed by atoms with Gasteiger partial charge >= 0.3 is 11.8 Å². The summed E-state index contributed by atoms with van der Waals surface area (Å²) in [7, 11) is 3.06. The van der Waals surface area contributed by atoms with Gasteiger partial charge in [-0.25, -0.2) is 5.43 Å². The minimum absolute atomic E-state index is 0.489. The molecule has 0 saturated heterocycles. The Morgan fingerprint density at radius 2 is 1.84 bits per heavy atom. The van der Waals surface area contributed by atoms with E-state index in [1.165, 1.54) is 13.3 Å². The van der Waals surface area contributed by atoms with Gasteiger partial charge in [-0.05, 0) is 40.2 Å². The molecule has 0 bridgehead atoms. The summed E-state index contributed by atoms with van der Waals surface area (Å²) in [5.41, 5.74) is 3.28. The average Bonchev–Trinajstić information content (AvgIpc) is 2.63. The molecule has 0 heterocycles. The maximum absolute atomic E-state index is 11.9. The molecule has 0 unspecified atom stereocenters. The summed E-state index contributed by atoms with van der Waals surface area (Å²) in [6.07, 6.45) is 1.38. The Bertz CT molecular complexity index is 808. The number of anilines is 1. The molecule has 25 heavy (non-hydrogen) atoms. The highest BCUT2D eigenvalue weighted by Gasteiger charge is 2.14. The molecule has 0 aliphatic carbocycles. The zero-order valence-corrected chi connectivity index (χ0v) is 15.2. The molecule has 0 fully saturated rings. The third kappa shape index (κ3) is 5.05. The summed E-state index contributed by atoms with van der Waals surface area (Å²) < 4.78 is 11.0. The number of halogens is 1. The van der Waals surface area contributed by atoms with Crippen LogP contribution in [0.1, 0.15) is 5.56 Å². The Hall–Kier alpha value is -2.87. The fourth-order valence-electron chi connectivity index (χ4n) is 1.88. The van der Waals surface area contributed by atoms with Gasteiger partial charge < -0.3 is 14.8 Å². The number of carbonyl (C=O) groups is 2. The predicted octanol–water partition coefficient (Wildman–Crippen LogP) is 2.56. The highest BCUT2D eigenvalue weighted by molar-refractivity contribution is 9.10. The monoisotopic (exact) mass is 405 g/mol. The second kappa shape index (κ2) is 8.84. The van der Waals surface area contributed by atoms with Crippen LogP contribution in [0.25, 0.3) is 0 Å². The Morgan fingerprint density at radius 3 is 2.52 bits per heavy atom. The number of carbonyl (C=O) groups excluding carboxylic acids is 2. The standard InChI is InChI=1S/C17H16BrN3O4/c1-24-12-8-7-11(15(9-12)25-2)10-19-21-17(23)16(22)20-14-6-4-3-5-13(14)18/h3-10H,1-2H3,(H,20,22)(H,21,23)/b19-10-. The first kappa shape index (κ1) is 18.5. The Morgan fingerprint density at radius 1 is 1.08 bits per heavy atom. The fraction of sp³-hybridized carbons (Fsp3) is 0.118. The van der Waals surface area contributed by atoms with Crippen molar-refractivity contribution in [2.45, 2.75) is 0 Å². The zero-order valence-electron chi connectivity index (χ0n) is 13.6. The predicted molar refractivity (Wildman–Crippen MR) is 98.1 cm³/mol. The van der Waals surface area contributed by atoms with Crippen molar-refractivity contribution in [1.82, 2.24) is 5.43 Å². The van der Waals surface area contributed by atoms with Gasteiger partial charge in [0.15, 0.2) is 0 Å². The third-order valence-electron chi connectivity index (χ3n) is 3.14. The number of amides is 2. The van der Waals surface area contributed by atoms with E-state index in [2.05, 4.69) is 31.8 Å². The van der Waals surface area contributed by atoms with E-state index in [1.807, 2.05) is 0 Å². The molecule has 2 rings (SSSR count). The highest BCUT2D eigenvalue weighted by Crippen LogP contribution is 2.23. The van der Waals surface area contributed by atoms with E-state index in [0.29, 0.717) is 27.2 Å². The molecular formula is C17H16BrN3O4. The summed E-state index contributed by atoms with van der Waals surface area (Å²) in [6, 6.07) is 12.1. The molecule has 8 heteroatoms. The van der Waals surface area contributed by atoms with E-state index in [0.717, 1.165) is 0 Å². The lowest BCUT2D eigenvalue weighted by Crippen LogP contribution is -2.32. The van der Waals surface area contributed by atoms with Gasteiger partial charge in [0.1, 0.15) is 11.5 Å². The second-order valence-electron chi connectivity index (χ2n) is 4.74.